The zero-order valence-electron chi connectivity index (χ0n) is 14.6. The van der Waals surface area contributed by atoms with E-state index >= 15 is 0 Å². The summed E-state index contributed by atoms with van der Waals surface area (Å²) in [6.45, 7) is -0.387. The summed E-state index contributed by atoms with van der Waals surface area (Å²) < 4.78 is 5.09. The highest BCUT2D eigenvalue weighted by Gasteiger charge is 2.12. The minimum absolute atomic E-state index is 0.282. The van der Waals surface area contributed by atoms with Crippen LogP contribution in [0, 0.1) is 11.3 Å². The highest BCUT2D eigenvalue weighted by atomic mass is 32.2. The van der Waals surface area contributed by atoms with Crippen LogP contribution >= 0.6 is 11.8 Å². The Morgan fingerprint density at radius 3 is 2.69 bits per heavy atom. The third kappa shape index (κ3) is 5.53. The van der Waals surface area contributed by atoms with Crippen LogP contribution in [0.4, 0.5) is 11.4 Å². The van der Waals surface area contributed by atoms with Crippen LogP contribution < -0.4 is 10.2 Å². The number of hydrogen-bond donors (Lipinski definition) is 1. The molecule has 0 atom stereocenters. The number of carbonyl (C=O) groups excluding carboxylic acids is 2. The lowest BCUT2D eigenvalue weighted by Crippen LogP contribution is -2.21. The Morgan fingerprint density at radius 2 is 1.96 bits per heavy atom. The van der Waals surface area contributed by atoms with Crippen LogP contribution in [0.25, 0.3) is 0 Å². The second-order valence-corrected chi connectivity index (χ2v) is 6.53. The summed E-state index contributed by atoms with van der Waals surface area (Å²) in [6.07, 6.45) is 0. The van der Waals surface area contributed by atoms with Gasteiger partial charge in [-0.1, -0.05) is 18.2 Å². The van der Waals surface area contributed by atoms with Crippen molar-refractivity contribution < 1.29 is 14.3 Å². The number of nitrogens with one attached hydrogen (secondary N) is 1. The van der Waals surface area contributed by atoms with E-state index in [0.717, 1.165) is 10.6 Å². The van der Waals surface area contributed by atoms with Gasteiger partial charge in [0.1, 0.15) is 0 Å². The van der Waals surface area contributed by atoms with Gasteiger partial charge < -0.3 is 15.0 Å². The predicted octanol–water partition coefficient (Wildman–Crippen LogP) is 3.16. The topological polar surface area (TPSA) is 82.4 Å². The molecule has 0 bridgehead atoms. The fourth-order valence-electron chi connectivity index (χ4n) is 2.12. The second-order valence-electron chi connectivity index (χ2n) is 5.51. The monoisotopic (exact) mass is 369 g/mol. The highest BCUT2D eigenvalue weighted by molar-refractivity contribution is 7.99. The van der Waals surface area contributed by atoms with E-state index in [1.54, 1.807) is 30.3 Å². The summed E-state index contributed by atoms with van der Waals surface area (Å²) in [5.41, 5.74) is 1.84. The summed E-state index contributed by atoms with van der Waals surface area (Å²) in [6, 6.07) is 16.2. The number of anilines is 2. The molecule has 26 heavy (non-hydrogen) atoms. The molecule has 0 saturated heterocycles. The number of benzene rings is 2. The average Bonchev–Trinajstić information content (AvgIpc) is 2.65. The van der Waals surface area contributed by atoms with Crippen LogP contribution in [0.1, 0.15) is 10.4 Å². The summed E-state index contributed by atoms with van der Waals surface area (Å²) in [4.78, 5) is 26.9. The molecule has 0 radical (unpaired) electrons. The van der Waals surface area contributed by atoms with E-state index in [4.69, 9.17) is 10.00 Å². The van der Waals surface area contributed by atoms with Gasteiger partial charge >= 0.3 is 5.97 Å². The molecule has 0 aliphatic rings. The first-order chi connectivity index (χ1) is 12.5. The molecule has 0 aromatic heterocycles. The Bertz CT molecular complexity index is 831. The van der Waals surface area contributed by atoms with Gasteiger partial charge in [0.05, 0.1) is 23.1 Å². The molecule has 134 valence electrons. The van der Waals surface area contributed by atoms with Gasteiger partial charge in [0.15, 0.2) is 6.61 Å². The molecular weight excluding hydrogens is 350 g/mol. The van der Waals surface area contributed by atoms with Gasteiger partial charge in [-0.3, -0.25) is 4.79 Å². The number of nitrogens with zero attached hydrogens (tertiary/aromatic N) is 2. The molecule has 2 aromatic carbocycles. The van der Waals surface area contributed by atoms with E-state index < -0.39 is 11.9 Å². The molecule has 0 aliphatic carbocycles. The normalized spacial score (nSPS) is 9.88. The third-order valence-electron chi connectivity index (χ3n) is 3.39. The summed E-state index contributed by atoms with van der Waals surface area (Å²) >= 11 is 1.33. The summed E-state index contributed by atoms with van der Waals surface area (Å²) in [5.74, 6) is -0.715. The molecule has 0 unspecified atom stereocenters. The van der Waals surface area contributed by atoms with Crippen molar-refractivity contribution in [3.8, 4) is 6.07 Å². The van der Waals surface area contributed by atoms with Crippen LogP contribution in [0.2, 0.25) is 0 Å². The lowest BCUT2D eigenvalue weighted by atomic mass is 10.2. The van der Waals surface area contributed by atoms with Crippen LogP contribution in [0.5, 0.6) is 0 Å². The van der Waals surface area contributed by atoms with Crippen LogP contribution in [-0.4, -0.2) is 38.3 Å². The van der Waals surface area contributed by atoms with Crippen molar-refractivity contribution in [3.63, 3.8) is 0 Å². The molecule has 0 saturated carbocycles. The van der Waals surface area contributed by atoms with Crippen molar-refractivity contribution in [1.82, 2.24) is 0 Å². The van der Waals surface area contributed by atoms with Crippen molar-refractivity contribution in [2.45, 2.75) is 4.90 Å². The first kappa shape index (κ1) is 19.3. The van der Waals surface area contributed by atoms with Crippen LogP contribution in [0.3, 0.4) is 0 Å². The number of esters is 1. The molecule has 2 aromatic rings. The number of carbonyl (C=O) groups is 2. The molecule has 0 fully saturated rings. The van der Waals surface area contributed by atoms with Crippen molar-refractivity contribution in [1.29, 1.82) is 5.26 Å². The quantitative estimate of drug-likeness (QED) is 0.596. The zero-order valence-corrected chi connectivity index (χ0v) is 15.4. The third-order valence-corrected chi connectivity index (χ3v) is 4.33. The van der Waals surface area contributed by atoms with Gasteiger partial charge in [0.25, 0.3) is 5.91 Å². The van der Waals surface area contributed by atoms with Gasteiger partial charge in [0.2, 0.25) is 0 Å². The number of rotatable bonds is 7. The number of nitriles is 1. The Balaban J connectivity index is 1.94. The second kappa shape index (κ2) is 9.49. The van der Waals surface area contributed by atoms with Crippen molar-refractivity contribution >= 4 is 35.0 Å². The van der Waals surface area contributed by atoms with E-state index in [-0.39, 0.29) is 12.4 Å². The lowest BCUT2D eigenvalue weighted by Gasteiger charge is -2.13. The van der Waals surface area contributed by atoms with Crippen LogP contribution in [0.15, 0.2) is 53.4 Å². The molecule has 0 aliphatic heterocycles. The Kier molecular flexibility index (Phi) is 7.06. The first-order valence-electron chi connectivity index (χ1n) is 7.84. The zero-order chi connectivity index (χ0) is 18.9. The summed E-state index contributed by atoms with van der Waals surface area (Å²) in [5, 5.41) is 11.4. The van der Waals surface area contributed by atoms with Crippen molar-refractivity contribution in [2.24, 2.45) is 0 Å². The maximum atomic E-state index is 12.1. The molecule has 7 heteroatoms. The minimum Gasteiger partial charge on any atom is -0.452 e. The smallest absolute Gasteiger partial charge is 0.338 e. The number of ether oxygens (including phenoxy) is 1. The molecule has 2 rings (SSSR count). The molecule has 0 spiro atoms. The highest BCUT2D eigenvalue weighted by Crippen LogP contribution is 2.26. The Hall–Kier alpha value is -2.98. The lowest BCUT2D eigenvalue weighted by molar-refractivity contribution is -0.119. The van der Waals surface area contributed by atoms with Gasteiger partial charge in [-0.05, 0) is 30.3 Å². The molecule has 0 heterocycles. The fourth-order valence-corrected chi connectivity index (χ4v) is 2.79. The van der Waals surface area contributed by atoms with Crippen molar-refractivity contribution in [3.05, 3.63) is 54.1 Å². The van der Waals surface area contributed by atoms with E-state index in [9.17, 15) is 9.59 Å². The maximum Gasteiger partial charge on any atom is 0.338 e. The Morgan fingerprint density at radius 1 is 1.19 bits per heavy atom. The number of thioether (sulfide) groups is 1. The summed E-state index contributed by atoms with van der Waals surface area (Å²) in [7, 11) is 3.75. The van der Waals surface area contributed by atoms with E-state index in [1.807, 2.05) is 43.3 Å². The van der Waals surface area contributed by atoms with Crippen molar-refractivity contribution in [2.75, 3.05) is 36.7 Å². The van der Waals surface area contributed by atoms with E-state index in [2.05, 4.69) is 5.32 Å². The van der Waals surface area contributed by atoms with Gasteiger partial charge in [0, 0.05) is 24.7 Å². The molecule has 1 amide bonds. The maximum absolute atomic E-state index is 12.1. The molecule has 6 nitrogen and oxygen atoms in total. The largest absolute Gasteiger partial charge is 0.452 e. The standard InChI is InChI=1S/C19H19N3O3S/c1-22(2)15-7-5-6-14(12-15)19(24)25-13-18(23)21-16-8-3-4-9-17(16)26-11-10-20/h3-9,12H,11,13H2,1-2H3,(H,21,23). The average molecular weight is 369 g/mol. The van der Waals surface area contributed by atoms with Gasteiger partial charge in [-0.2, -0.15) is 5.26 Å². The first-order valence-corrected chi connectivity index (χ1v) is 8.83. The number of hydrogen-bond acceptors (Lipinski definition) is 6. The van der Waals surface area contributed by atoms with E-state index in [0.29, 0.717) is 11.3 Å². The SMILES string of the molecule is CN(C)c1cccc(C(=O)OCC(=O)Nc2ccccc2SCC#N)c1. The Labute approximate surface area is 156 Å². The van der Waals surface area contributed by atoms with Gasteiger partial charge in [-0.25, -0.2) is 4.79 Å². The molecular formula is C19H19N3O3S. The van der Waals surface area contributed by atoms with E-state index in [1.165, 1.54) is 11.8 Å². The fraction of sp³-hybridized carbons (Fsp3) is 0.211. The van der Waals surface area contributed by atoms with Crippen LogP contribution in [-0.2, 0) is 9.53 Å². The van der Waals surface area contributed by atoms with Gasteiger partial charge in [-0.15, -0.1) is 11.8 Å². The minimum atomic E-state index is -0.559. The predicted molar refractivity (Wildman–Crippen MR) is 102 cm³/mol. The number of amides is 1. The molecule has 1 N–H and O–H groups in total. The number of para-hydroxylation sites is 1.